The van der Waals surface area contributed by atoms with Crippen LogP contribution in [-0.2, 0) is 17.6 Å². The molecule has 6 nitrogen and oxygen atoms in total. The average molecular weight is 440 g/mol. The number of carbonyl (C=O) groups is 1. The maximum absolute atomic E-state index is 13.8. The first-order valence-corrected chi connectivity index (χ1v) is 11.4. The predicted molar refractivity (Wildman–Crippen MR) is 120 cm³/mol. The average Bonchev–Trinajstić information content (AvgIpc) is 3.15. The number of amides is 1. The van der Waals surface area contributed by atoms with Crippen molar-refractivity contribution in [3.05, 3.63) is 71.8 Å². The van der Waals surface area contributed by atoms with Gasteiger partial charge in [0.15, 0.2) is 5.16 Å². The summed E-state index contributed by atoms with van der Waals surface area (Å²) in [6.07, 6.45) is 2.00. The summed E-state index contributed by atoms with van der Waals surface area (Å²) in [6, 6.07) is 16.5. The number of benzene rings is 2. The van der Waals surface area contributed by atoms with Crippen LogP contribution >= 0.6 is 11.8 Å². The van der Waals surface area contributed by atoms with E-state index < -0.39 is 5.82 Å². The molecule has 4 rings (SSSR count). The van der Waals surface area contributed by atoms with Gasteiger partial charge in [-0.25, -0.2) is 4.39 Å². The van der Waals surface area contributed by atoms with Crippen LogP contribution in [0.1, 0.15) is 30.1 Å². The Morgan fingerprint density at radius 3 is 2.74 bits per heavy atom. The highest BCUT2D eigenvalue weighted by Gasteiger charge is 2.27. The Morgan fingerprint density at radius 2 is 1.94 bits per heavy atom. The fourth-order valence-electron chi connectivity index (χ4n) is 3.89. The molecule has 1 aliphatic heterocycles. The van der Waals surface area contributed by atoms with E-state index in [1.807, 2.05) is 25.2 Å². The van der Waals surface area contributed by atoms with Gasteiger partial charge in [0.2, 0.25) is 5.91 Å². The molecule has 1 aliphatic rings. The van der Waals surface area contributed by atoms with Gasteiger partial charge >= 0.3 is 0 Å². The van der Waals surface area contributed by atoms with Crippen molar-refractivity contribution in [1.82, 2.24) is 19.7 Å². The molecule has 162 valence electrons. The number of carbonyl (C=O) groups excluding carboxylic acids is 1. The van der Waals surface area contributed by atoms with Crippen LogP contribution in [-0.4, -0.2) is 45.2 Å². The lowest BCUT2D eigenvalue weighted by atomic mass is 9.97. The lowest BCUT2D eigenvalue weighted by molar-refractivity contribution is -0.117. The first-order chi connectivity index (χ1) is 15.1. The molecule has 1 aromatic heterocycles. The van der Waals surface area contributed by atoms with Crippen LogP contribution in [0.5, 0.6) is 0 Å². The van der Waals surface area contributed by atoms with Gasteiger partial charge in [-0.1, -0.05) is 54.2 Å². The van der Waals surface area contributed by atoms with Gasteiger partial charge in [-0.15, -0.1) is 10.2 Å². The minimum absolute atomic E-state index is 0.206. The fraction of sp³-hybridized carbons (Fsp3) is 0.348. The number of hydrogen-bond donors (Lipinski definition) is 1. The van der Waals surface area contributed by atoms with Crippen molar-refractivity contribution in [1.29, 1.82) is 0 Å². The number of para-hydroxylation sites is 1. The molecule has 1 atom stereocenters. The van der Waals surface area contributed by atoms with Crippen molar-refractivity contribution in [2.24, 2.45) is 7.05 Å². The highest BCUT2D eigenvalue weighted by Crippen LogP contribution is 2.29. The zero-order chi connectivity index (χ0) is 21.6. The molecule has 0 saturated carbocycles. The predicted octanol–water partition coefficient (Wildman–Crippen LogP) is 4.06. The van der Waals surface area contributed by atoms with E-state index in [0.29, 0.717) is 0 Å². The van der Waals surface area contributed by atoms with E-state index >= 15 is 0 Å². The number of aromatic nitrogens is 3. The molecule has 3 aromatic rings. The second-order valence-electron chi connectivity index (χ2n) is 7.78. The summed E-state index contributed by atoms with van der Waals surface area (Å²) in [6.45, 7) is 1.81. The lowest BCUT2D eigenvalue weighted by Crippen LogP contribution is -2.40. The van der Waals surface area contributed by atoms with E-state index in [9.17, 15) is 9.18 Å². The zero-order valence-electron chi connectivity index (χ0n) is 17.5. The SMILES string of the molecule is Cn1c(SCc2ccccc2)nnc1C1CCCN(CC(=O)Nc2ccccc2F)C1. The lowest BCUT2D eigenvalue weighted by Gasteiger charge is -2.31. The first kappa shape index (κ1) is 21.5. The smallest absolute Gasteiger partial charge is 0.238 e. The van der Waals surface area contributed by atoms with Gasteiger partial charge in [0.1, 0.15) is 11.6 Å². The standard InChI is InChI=1S/C23H26FN5OS/c1-28-22(26-27-23(28)31-16-17-8-3-2-4-9-17)18-10-7-13-29(14-18)15-21(30)25-20-12-6-5-11-19(20)24/h2-6,8-9,11-12,18H,7,10,13-16H2,1H3,(H,25,30). The molecular weight excluding hydrogens is 413 g/mol. The molecule has 2 heterocycles. The molecule has 1 N–H and O–H groups in total. The number of nitrogens with one attached hydrogen (secondary N) is 1. The second kappa shape index (κ2) is 10.1. The molecule has 2 aromatic carbocycles. The van der Waals surface area contributed by atoms with Crippen molar-refractivity contribution in [3.63, 3.8) is 0 Å². The van der Waals surface area contributed by atoms with Crippen LogP contribution in [0.15, 0.2) is 59.8 Å². The quantitative estimate of drug-likeness (QED) is 0.563. The minimum Gasteiger partial charge on any atom is -0.322 e. The largest absolute Gasteiger partial charge is 0.322 e. The van der Waals surface area contributed by atoms with Gasteiger partial charge in [0.05, 0.1) is 12.2 Å². The van der Waals surface area contributed by atoms with E-state index in [2.05, 4.69) is 37.1 Å². The summed E-state index contributed by atoms with van der Waals surface area (Å²) in [4.78, 5) is 14.5. The molecular formula is C23H26FN5OS. The first-order valence-electron chi connectivity index (χ1n) is 10.4. The monoisotopic (exact) mass is 439 g/mol. The summed E-state index contributed by atoms with van der Waals surface area (Å²) < 4.78 is 15.9. The van der Waals surface area contributed by atoms with Gasteiger partial charge in [-0.3, -0.25) is 9.69 Å². The normalized spacial score (nSPS) is 16.9. The summed E-state index contributed by atoms with van der Waals surface area (Å²) in [5.74, 6) is 1.39. The molecule has 0 spiro atoms. The van der Waals surface area contributed by atoms with Crippen molar-refractivity contribution < 1.29 is 9.18 Å². The maximum Gasteiger partial charge on any atom is 0.238 e. The van der Waals surface area contributed by atoms with Crippen molar-refractivity contribution >= 4 is 23.4 Å². The van der Waals surface area contributed by atoms with Gasteiger partial charge < -0.3 is 9.88 Å². The molecule has 0 radical (unpaired) electrons. The Hall–Kier alpha value is -2.71. The number of piperidine rings is 1. The van der Waals surface area contributed by atoms with Crippen LogP contribution in [0.4, 0.5) is 10.1 Å². The number of nitrogens with zero attached hydrogens (tertiary/aromatic N) is 4. The van der Waals surface area contributed by atoms with Crippen LogP contribution in [0, 0.1) is 5.82 Å². The molecule has 1 saturated heterocycles. The Labute approximate surface area is 185 Å². The van der Waals surface area contributed by atoms with E-state index in [4.69, 9.17) is 0 Å². The molecule has 1 unspecified atom stereocenters. The maximum atomic E-state index is 13.8. The second-order valence-corrected chi connectivity index (χ2v) is 8.72. The van der Waals surface area contributed by atoms with E-state index in [1.165, 1.54) is 11.6 Å². The molecule has 1 fully saturated rings. The number of rotatable bonds is 7. The van der Waals surface area contributed by atoms with Crippen LogP contribution < -0.4 is 5.32 Å². The van der Waals surface area contributed by atoms with Crippen molar-refractivity contribution in [2.45, 2.75) is 29.7 Å². The van der Waals surface area contributed by atoms with Crippen molar-refractivity contribution in [3.8, 4) is 0 Å². The highest BCUT2D eigenvalue weighted by molar-refractivity contribution is 7.98. The van der Waals surface area contributed by atoms with E-state index in [-0.39, 0.29) is 24.1 Å². The summed E-state index contributed by atoms with van der Waals surface area (Å²) in [5.41, 5.74) is 1.47. The number of anilines is 1. The minimum atomic E-state index is -0.424. The molecule has 1 amide bonds. The number of thioether (sulfide) groups is 1. The third-order valence-corrected chi connectivity index (χ3v) is 6.56. The summed E-state index contributed by atoms with van der Waals surface area (Å²) >= 11 is 1.68. The molecule has 31 heavy (non-hydrogen) atoms. The summed E-state index contributed by atoms with van der Waals surface area (Å²) in [7, 11) is 2.01. The molecule has 0 bridgehead atoms. The van der Waals surface area contributed by atoms with Crippen molar-refractivity contribution in [2.75, 3.05) is 25.0 Å². The fourth-order valence-corrected chi connectivity index (χ4v) is 4.77. The van der Waals surface area contributed by atoms with Gasteiger partial charge in [0, 0.05) is 25.3 Å². The van der Waals surface area contributed by atoms with E-state index in [0.717, 1.165) is 42.7 Å². The molecule has 0 aliphatic carbocycles. The van der Waals surface area contributed by atoms with Gasteiger partial charge in [-0.05, 0) is 37.1 Å². The third kappa shape index (κ3) is 5.51. The Morgan fingerprint density at radius 1 is 1.16 bits per heavy atom. The molecule has 8 heteroatoms. The van der Waals surface area contributed by atoms with Gasteiger partial charge in [-0.2, -0.15) is 0 Å². The third-order valence-electron chi connectivity index (χ3n) is 5.47. The number of hydrogen-bond acceptors (Lipinski definition) is 5. The zero-order valence-corrected chi connectivity index (χ0v) is 18.3. The van der Waals surface area contributed by atoms with Gasteiger partial charge in [0.25, 0.3) is 0 Å². The van der Waals surface area contributed by atoms with Crippen LogP contribution in [0.3, 0.4) is 0 Å². The Bertz CT molecular complexity index is 1030. The Kier molecular flexibility index (Phi) is 6.99. The van der Waals surface area contributed by atoms with Crippen LogP contribution in [0.25, 0.3) is 0 Å². The van der Waals surface area contributed by atoms with E-state index in [1.54, 1.807) is 30.0 Å². The highest BCUT2D eigenvalue weighted by atomic mass is 32.2. The summed E-state index contributed by atoms with van der Waals surface area (Å²) in [5, 5.41) is 12.4. The van der Waals surface area contributed by atoms with Crippen LogP contribution in [0.2, 0.25) is 0 Å². The topological polar surface area (TPSA) is 63.1 Å². The number of halogens is 1. The number of likely N-dealkylation sites (tertiary alicyclic amines) is 1. The Balaban J connectivity index is 1.34.